The highest BCUT2D eigenvalue weighted by Crippen LogP contribution is 2.09. The van der Waals surface area contributed by atoms with Crippen LogP contribution in [-0.2, 0) is 19.1 Å². The quantitative estimate of drug-likeness (QED) is 0.690. The third kappa shape index (κ3) is 5.34. The highest BCUT2D eigenvalue weighted by Gasteiger charge is 2.25. The Morgan fingerprint density at radius 3 is 2.82 bits per heavy atom. The average Bonchev–Trinajstić information content (AvgIpc) is 2.29. The maximum atomic E-state index is 11.6. The van der Waals surface area contributed by atoms with Gasteiger partial charge in [0.25, 0.3) is 0 Å². The smallest absolute Gasteiger partial charge is 0.308 e. The lowest BCUT2D eigenvalue weighted by molar-refractivity contribution is -0.149. The molecule has 1 rings (SSSR count). The second-order valence-corrected chi connectivity index (χ2v) is 3.64. The summed E-state index contributed by atoms with van der Waals surface area (Å²) in [4.78, 5) is 24.4. The van der Waals surface area contributed by atoms with E-state index in [1.807, 2.05) is 0 Å². The van der Waals surface area contributed by atoms with E-state index in [1.54, 1.807) is 11.9 Å². The van der Waals surface area contributed by atoms with Gasteiger partial charge in [0.1, 0.15) is 0 Å². The molecule has 0 bridgehead atoms. The summed E-state index contributed by atoms with van der Waals surface area (Å²) in [5.41, 5.74) is 0. The van der Waals surface area contributed by atoms with Crippen molar-refractivity contribution in [2.45, 2.75) is 12.5 Å². The summed E-state index contributed by atoms with van der Waals surface area (Å²) in [5, 5.41) is 2.81. The van der Waals surface area contributed by atoms with E-state index in [-0.39, 0.29) is 36.8 Å². The summed E-state index contributed by atoms with van der Waals surface area (Å²) in [7, 11) is 3.07. The van der Waals surface area contributed by atoms with Crippen LogP contribution < -0.4 is 5.32 Å². The number of nitrogens with zero attached hydrogens (tertiary/aromatic N) is 1. The van der Waals surface area contributed by atoms with Crippen molar-refractivity contribution in [2.24, 2.45) is 0 Å². The zero-order chi connectivity index (χ0) is 12.0. The number of carbonyl (C=O) groups excluding carboxylic acids is 2. The first-order chi connectivity index (χ1) is 7.67. The first kappa shape index (κ1) is 16.1. The van der Waals surface area contributed by atoms with Gasteiger partial charge in [-0.1, -0.05) is 0 Å². The van der Waals surface area contributed by atoms with E-state index in [2.05, 4.69) is 10.1 Å². The van der Waals surface area contributed by atoms with Crippen molar-refractivity contribution < 1.29 is 19.1 Å². The summed E-state index contributed by atoms with van der Waals surface area (Å²) in [6, 6.07) is 0. The maximum Gasteiger partial charge on any atom is 0.308 e. The number of hydrogen-bond donors (Lipinski definition) is 1. The third-order valence-electron chi connectivity index (χ3n) is 2.44. The van der Waals surface area contributed by atoms with Gasteiger partial charge in [-0.15, -0.1) is 12.4 Å². The van der Waals surface area contributed by atoms with Crippen LogP contribution in [0.25, 0.3) is 0 Å². The molecule has 100 valence electrons. The molecule has 0 saturated carbocycles. The number of halogens is 1. The van der Waals surface area contributed by atoms with Crippen molar-refractivity contribution in [2.75, 3.05) is 40.4 Å². The molecule has 0 aromatic carbocycles. The van der Waals surface area contributed by atoms with E-state index in [0.717, 1.165) is 0 Å². The van der Waals surface area contributed by atoms with E-state index in [0.29, 0.717) is 26.2 Å². The fourth-order valence-corrected chi connectivity index (χ4v) is 1.60. The minimum Gasteiger partial charge on any atom is -0.469 e. The van der Waals surface area contributed by atoms with Crippen LogP contribution in [0.1, 0.15) is 6.42 Å². The third-order valence-corrected chi connectivity index (χ3v) is 2.44. The molecular weight excluding hydrogens is 248 g/mol. The summed E-state index contributed by atoms with van der Waals surface area (Å²) in [5.74, 6) is -0.284. The number of rotatable bonds is 4. The second-order valence-electron chi connectivity index (χ2n) is 3.64. The standard InChI is InChI=1S/C10H18N2O4.ClH/c1-11-6-9(13)12-3-4-16-8(7-12)5-10(14)15-2;/h8,11H,3-7H2,1-2H3;1H. The number of hydrogen-bond acceptors (Lipinski definition) is 5. The number of likely N-dealkylation sites (N-methyl/N-ethyl adjacent to an activating group) is 1. The van der Waals surface area contributed by atoms with Gasteiger partial charge in [0.2, 0.25) is 5.91 Å². The van der Waals surface area contributed by atoms with E-state index < -0.39 is 0 Å². The average molecular weight is 267 g/mol. The minimum atomic E-state index is -0.312. The fraction of sp³-hybridized carbons (Fsp3) is 0.800. The SMILES string of the molecule is CNCC(=O)N1CCOC(CC(=O)OC)C1.Cl. The number of amides is 1. The first-order valence-electron chi connectivity index (χ1n) is 5.28. The van der Waals surface area contributed by atoms with E-state index >= 15 is 0 Å². The van der Waals surface area contributed by atoms with Crippen molar-refractivity contribution >= 4 is 24.3 Å². The largest absolute Gasteiger partial charge is 0.469 e. The molecule has 7 heteroatoms. The van der Waals surface area contributed by atoms with Gasteiger partial charge >= 0.3 is 5.97 Å². The molecule has 1 atom stereocenters. The van der Waals surface area contributed by atoms with Gasteiger partial charge in [-0.2, -0.15) is 0 Å². The molecule has 6 nitrogen and oxygen atoms in total. The maximum absolute atomic E-state index is 11.6. The molecule has 1 aliphatic rings. The number of carbonyl (C=O) groups is 2. The summed E-state index contributed by atoms with van der Waals surface area (Å²) < 4.78 is 9.96. The van der Waals surface area contributed by atoms with Crippen molar-refractivity contribution in [1.29, 1.82) is 0 Å². The van der Waals surface area contributed by atoms with Gasteiger partial charge in [0.05, 0.1) is 32.8 Å². The Morgan fingerprint density at radius 2 is 2.24 bits per heavy atom. The Labute approximate surface area is 107 Å². The molecule has 1 heterocycles. The molecule has 1 aliphatic heterocycles. The molecule has 1 amide bonds. The Kier molecular flexibility index (Phi) is 7.86. The molecule has 1 unspecified atom stereocenters. The van der Waals surface area contributed by atoms with Crippen molar-refractivity contribution in [3.63, 3.8) is 0 Å². The van der Waals surface area contributed by atoms with E-state index in [1.165, 1.54) is 7.11 Å². The number of nitrogens with one attached hydrogen (secondary N) is 1. The zero-order valence-corrected chi connectivity index (χ0v) is 10.9. The van der Waals surface area contributed by atoms with Gasteiger partial charge in [-0.25, -0.2) is 0 Å². The summed E-state index contributed by atoms with van der Waals surface area (Å²) in [6.07, 6.45) is -0.0539. The Hall–Kier alpha value is -0.850. The number of ether oxygens (including phenoxy) is 2. The molecule has 0 aromatic rings. The Balaban J connectivity index is 0.00000256. The molecule has 1 N–H and O–H groups in total. The van der Waals surface area contributed by atoms with Gasteiger partial charge in [0.15, 0.2) is 0 Å². The zero-order valence-electron chi connectivity index (χ0n) is 10.1. The lowest BCUT2D eigenvalue weighted by Gasteiger charge is -2.32. The number of morpholine rings is 1. The van der Waals surface area contributed by atoms with Crippen LogP contribution in [0.3, 0.4) is 0 Å². The summed E-state index contributed by atoms with van der Waals surface area (Å²) >= 11 is 0. The molecule has 0 spiro atoms. The van der Waals surface area contributed by atoms with Gasteiger partial charge in [-0.05, 0) is 7.05 Å². The van der Waals surface area contributed by atoms with E-state index in [4.69, 9.17) is 4.74 Å². The monoisotopic (exact) mass is 266 g/mol. The first-order valence-corrected chi connectivity index (χ1v) is 5.28. The molecule has 0 aliphatic carbocycles. The lowest BCUT2D eigenvalue weighted by atomic mass is 10.2. The van der Waals surface area contributed by atoms with Crippen LogP contribution in [0.15, 0.2) is 0 Å². The van der Waals surface area contributed by atoms with Crippen molar-refractivity contribution in [3.05, 3.63) is 0 Å². The number of esters is 1. The molecule has 1 fully saturated rings. The van der Waals surface area contributed by atoms with Crippen LogP contribution in [0.5, 0.6) is 0 Å². The topological polar surface area (TPSA) is 67.9 Å². The predicted octanol–water partition coefficient (Wildman–Crippen LogP) is -0.582. The van der Waals surface area contributed by atoms with Gasteiger partial charge in [-0.3, -0.25) is 9.59 Å². The normalized spacial score (nSPS) is 19.4. The molecule has 0 aromatic heterocycles. The van der Waals surface area contributed by atoms with Crippen LogP contribution >= 0.6 is 12.4 Å². The second kappa shape index (κ2) is 8.27. The highest BCUT2D eigenvalue weighted by atomic mass is 35.5. The molecule has 0 radical (unpaired) electrons. The van der Waals surface area contributed by atoms with Crippen molar-refractivity contribution in [1.82, 2.24) is 10.2 Å². The summed E-state index contributed by atoms with van der Waals surface area (Å²) in [6.45, 7) is 1.82. The minimum absolute atomic E-state index is 0. The van der Waals surface area contributed by atoms with E-state index in [9.17, 15) is 9.59 Å². The molecular formula is C10H19ClN2O4. The fourth-order valence-electron chi connectivity index (χ4n) is 1.60. The molecule has 17 heavy (non-hydrogen) atoms. The Bertz CT molecular complexity index is 263. The molecule has 1 saturated heterocycles. The van der Waals surface area contributed by atoms with Crippen LogP contribution in [0.2, 0.25) is 0 Å². The van der Waals surface area contributed by atoms with Crippen LogP contribution in [0, 0.1) is 0 Å². The Morgan fingerprint density at radius 1 is 1.53 bits per heavy atom. The van der Waals surface area contributed by atoms with Crippen LogP contribution in [0.4, 0.5) is 0 Å². The lowest BCUT2D eigenvalue weighted by Crippen LogP contribution is -2.48. The van der Waals surface area contributed by atoms with Gasteiger partial charge in [0, 0.05) is 13.1 Å². The van der Waals surface area contributed by atoms with Crippen molar-refractivity contribution in [3.8, 4) is 0 Å². The predicted molar refractivity (Wildman–Crippen MR) is 64.1 cm³/mol. The number of methoxy groups -OCH3 is 1. The van der Waals surface area contributed by atoms with Gasteiger partial charge < -0.3 is 19.7 Å². The van der Waals surface area contributed by atoms with Crippen LogP contribution in [-0.4, -0.2) is 63.3 Å². The highest BCUT2D eigenvalue weighted by molar-refractivity contribution is 5.85.